The highest BCUT2D eigenvalue weighted by Crippen LogP contribution is 2.28. The minimum Gasteiger partial charge on any atom is -0.480 e. The van der Waals surface area contributed by atoms with Crippen molar-refractivity contribution >= 4 is 32.5 Å². The first kappa shape index (κ1) is 11.2. The second kappa shape index (κ2) is 3.79. The van der Waals surface area contributed by atoms with Crippen molar-refractivity contribution in [2.75, 3.05) is 0 Å². The van der Waals surface area contributed by atoms with Crippen molar-refractivity contribution in [1.29, 1.82) is 0 Å². The van der Waals surface area contributed by atoms with Crippen LogP contribution in [-0.2, 0) is 4.79 Å². The maximum absolute atomic E-state index is 10.9. The lowest BCUT2D eigenvalue weighted by molar-refractivity contribution is -0.138. The van der Waals surface area contributed by atoms with Crippen LogP contribution < -0.4 is 5.73 Å². The fourth-order valence-electron chi connectivity index (χ4n) is 1.97. The molecule has 6 heteroatoms. The number of thiazole rings is 1. The predicted molar refractivity (Wildman–Crippen MR) is 69.9 cm³/mol. The first-order chi connectivity index (χ1) is 8.56. The third kappa shape index (κ3) is 1.58. The lowest BCUT2D eigenvalue weighted by Gasteiger charge is -2.06. The quantitative estimate of drug-likeness (QED) is 0.738. The Morgan fingerprint density at radius 2 is 2.33 bits per heavy atom. The number of benzene rings is 1. The normalized spacial score (nSPS) is 13.2. The standard InChI is InChI=1S/C12H11N3O2S/c1-6-5-15-8-3-2-7(10(13)11(16)17)4-9(8)18-12(15)14-6/h2-5,10H,13H2,1H3,(H,16,17). The molecule has 2 heterocycles. The lowest BCUT2D eigenvalue weighted by atomic mass is 10.1. The van der Waals surface area contributed by atoms with Crippen molar-refractivity contribution in [1.82, 2.24) is 9.38 Å². The summed E-state index contributed by atoms with van der Waals surface area (Å²) in [5.41, 5.74) is 8.20. The van der Waals surface area contributed by atoms with E-state index in [4.69, 9.17) is 10.8 Å². The van der Waals surface area contributed by atoms with Gasteiger partial charge in [0.25, 0.3) is 0 Å². The number of hydrogen-bond donors (Lipinski definition) is 2. The molecule has 0 saturated carbocycles. The van der Waals surface area contributed by atoms with E-state index in [1.165, 1.54) is 11.3 Å². The number of aliphatic carboxylic acids is 1. The Balaban J connectivity index is 2.21. The molecule has 0 bridgehead atoms. The lowest BCUT2D eigenvalue weighted by Crippen LogP contribution is -2.20. The Kier molecular flexibility index (Phi) is 2.36. The summed E-state index contributed by atoms with van der Waals surface area (Å²) in [6.45, 7) is 1.94. The Hall–Kier alpha value is -1.92. The number of hydrogen-bond acceptors (Lipinski definition) is 4. The minimum absolute atomic E-state index is 0.608. The molecule has 1 atom stereocenters. The molecular formula is C12H11N3O2S. The minimum atomic E-state index is -1.02. The summed E-state index contributed by atoms with van der Waals surface area (Å²) in [6, 6.07) is 4.48. The number of nitrogens with zero attached hydrogens (tertiary/aromatic N) is 2. The van der Waals surface area contributed by atoms with Gasteiger partial charge in [0.1, 0.15) is 6.04 Å². The molecule has 3 rings (SSSR count). The topological polar surface area (TPSA) is 80.6 Å². The molecule has 18 heavy (non-hydrogen) atoms. The average molecular weight is 261 g/mol. The molecule has 0 amide bonds. The summed E-state index contributed by atoms with van der Waals surface area (Å²) in [4.78, 5) is 16.2. The van der Waals surface area contributed by atoms with Gasteiger partial charge in [-0.15, -0.1) is 0 Å². The van der Waals surface area contributed by atoms with Crippen molar-refractivity contribution in [2.24, 2.45) is 5.73 Å². The van der Waals surface area contributed by atoms with Crippen LogP contribution in [0.2, 0.25) is 0 Å². The van der Waals surface area contributed by atoms with Gasteiger partial charge in [-0.05, 0) is 24.6 Å². The van der Waals surface area contributed by atoms with Crippen LogP contribution in [0.1, 0.15) is 17.3 Å². The summed E-state index contributed by atoms with van der Waals surface area (Å²) in [6.07, 6.45) is 1.96. The van der Waals surface area contributed by atoms with Gasteiger partial charge in [0, 0.05) is 6.20 Å². The van der Waals surface area contributed by atoms with E-state index in [1.807, 2.05) is 29.7 Å². The average Bonchev–Trinajstić information content (AvgIpc) is 2.82. The molecule has 0 saturated heterocycles. The van der Waals surface area contributed by atoms with E-state index < -0.39 is 12.0 Å². The van der Waals surface area contributed by atoms with Crippen LogP contribution in [0.4, 0.5) is 0 Å². The molecule has 5 nitrogen and oxygen atoms in total. The molecular weight excluding hydrogens is 250 g/mol. The zero-order valence-electron chi connectivity index (χ0n) is 9.62. The van der Waals surface area contributed by atoms with Crippen LogP contribution in [-0.4, -0.2) is 20.5 Å². The zero-order valence-corrected chi connectivity index (χ0v) is 10.4. The molecule has 0 spiro atoms. The van der Waals surface area contributed by atoms with Crippen molar-refractivity contribution in [3.63, 3.8) is 0 Å². The predicted octanol–water partition coefficient (Wildman–Crippen LogP) is 1.94. The van der Waals surface area contributed by atoms with Crippen LogP contribution in [0.25, 0.3) is 15.2 Å². The van der Waals surface area contributed by atoms with Gasteiger partial charge in [0.05, 0.1) is 15.9 Å². The summed E-state index contributed by atoms with van der Waals surface area (Å²) >= 11 is 1.53. The van der Waals surface area contributed by atoms with Gasteiger partial charge in [-0.3, -0.25) is 9.20 Å². The van der Waals surface area contributed by atoms with Gasteiger partial charge in [0.15, 0.2) is 4.96 Å². The first-order valence-electron chi connectivity index (χ1n) is 5.43. The highest BCUT2D eigenvalue weighted by Gasteiger charge is 2.16. The van der Waals surface area contributed by atoms with Crippen molar-refractivity contribution < 1.29 is 9.90 Å². The number of carbonyl (C=O) groups is 1. The molecule has 1 aromatic carbocycles. The van der Waals surface area contributed by atoms with Crippen LogP contribution in [0.5, 0.6) is 0 Å². The third-order valence-electron chi connectivity index (χ3n) is 2.86. The smallest absolute Gasteiger partial charge is 0.325 e. The molecule has 0 radical (unpaired) electrons. The monoisotopic (exact) mass is 261 g/mol. The summed E-state index contributed by atoms with van der Waals surface area (Å²) in [5.74, 6) is -1.02. The molecule has 0 aliphatic rings. The van der Waals surface area contributed by atoms with E-state index in [9.17, 15) is 4.79 Å². The Morgan fingerprint density at radius 1 is 1.56 bits per heavy atom. The summed E-state index contributed by atoms with van der Waals surface area (Å²) in [7, 11) is 0. The van der Waals surface area contributed by atoms with Crippen LogP contribution in [0, 0.1) is 6.92 Å². The second-order valence-corrected chi connectivity index (χ2v) is 5.19. The highest BCUT2D eigenvalue weighted by atomic mass is 32.1. The molecule has 2 aromatic heterocycles. The number of aromatic nitrogens is 2. The van der Waals surface area contributed by atoms with Crippen molar-refractivity contribution in [2.45, 2.75) is 13.0 Å². The zero-order chi connectivity index (χ0) is 12.9. The molecule has 3 N–H and O–H groups in total. The van der Waals surface area contributed by atoms with Crippen LogP contribution >= 0.6 is 11.3 Å². The fraction of sp³-hybridized carbons (Fsp3) is 0.167. The van der Waals surface area contributed by atoms with Gasteiger partial charge < -0.3 is 10.8 Å². The number of rotatable bonds is 2. The molecule has 0 aliphatic carbocycles. The highest BCUT2D eigenvalue weighted by molar-refractivity contribution is 7.23. The Labute approximate surface area is 106 Å². The largest absolute Gasteiger partial charge is 0.480 e. The third-order valence-corrected chi connectivity index (χ3v) is 3.88. The Morgan fingerprint density at radius 3 is 3.06 bits per heavy atom. The van der Waals surface area contributed by atoms with Gasteiger partial charge in [-0.2, -0.15) is 0 Å². The van der Waals surface area contributed by atoms with E-state index in [2.05, 4.69) is 4.98 Å². The van der Waals surface area contributed by atoms with Gasteiger partial charge in [-0.1, -0.05) is 17.4 Å². The number of nitrogens with two attached hydrogens (primary N) is 1. The first-order valence-corrected chi connectivity index (χ1v) is 6.24. The number of carboxylic acid groups (broad SMARTS) is 1. The molecule has 1 unspecified atom stereocenters. The Bertz CT molecular complexity index is 759. The van der Waals surface area contributed by atoms with Crippen LogP contribution in [0.15, 0.2) is 24.4 Å². The summed E-state index contributed by atoms with van der Waals surface area (Å²) < 4.78 is 3.00. The molecule has 3 aromatic rings. The van der Waals surface area contributed by atoms with Crippen molar-refractivity contribution in [3.8, 4) is 0 Å². The number of fused-ring (bicyclic) bond motifs is 3. The second-order valence-electron chi connectivity index (χ2n) is 4.18. The van der Waals surface area contributed by atoms with Crippen molar-refractivity contribution in [3.05, 3.63) is 35.7 Å². The van der Waals surface area contributed by atoms with E-state index in [0.717, 1.165) is 20.9 Å². The maximum atomic E-state index is 10.9. The number of carboxylic acids is 1. The van der Waals surface area contributed by atoms with Gasteiger partial charge in [0.2, 0.25) is 0 Å². The van der Waals surface area contributed by atoms with E-state index in [1.54, 1.807) is 6.07 Å². The summed E-state index contributed by atoms with van der Waals surface area (Å²) in [5, 5.41) is 8.90. The number of aryl methyl sites for hydroxylation is 1. The van der Waals surface area contributed by atoms with Crippen LogP contribution in [0.3, 0.4) is 0 Å². The van der Waals surface area contributed by atoms with E-state index >= 15 is 0 Å². The van der Waals surface area contributed by atoms with E-state index in [-0.39, 0.29) is 0 Å². The maximum Gasteiger partial charge on any atom is 0.325 e. The molecule has 92 valence electrons. The molecule has 0 aliphatic heterocycles. The van der Waals surface area contributed by atoms with E-state index in [0.29, 0.717) is 5.56 Å². The molecule has 0 fully saturated rings. The van der Waals surface area contributed by atoms with Gasteiger partial charge in [-0.25, -0.2) is 4.98 Å². The number of imidazole rings is 1. The fourth-order valence-corrected chi connectivity index (χ4v) is 3.07. The SMILES string of the molecule is Cc1cn2c(n1)sc1cc(C(N)C(=O)O)ccc12. The van der Waals surface area contributed by atoms with Gasteiger partial charge >= 0.3 is 5.97 Å².